The van der Waals surface area contributed by atoms with E-state index in [9.17, 15) is 8.42 Å². The quantitative estimate of drug-likeness (QED) is 0.788. The van der Waals surface area contributed by atoms with Gasteiger partial charge in [-0.1, -0.05) is 35.3 Å². The molecule has 0 saturated heterocycles. The maximum Gasteiger partial charge on any atom is 0.233 e. The molecule has 3 aliphatic rings. The van der Waals surface area contributed by atoms with Crippen molar-refractivity contribution in [2.75, 3.05) is 5.75 Å². The molecule has 0 unspecified atom stereocenters. The molecule has 3 fully saturated rings. The van der Waals surface area contributed by atoms with Gasteiger partial charge in [-0.2, -0.15) is 0 Å². The summed E-state index contributed by atoms with van der Waals surface area (Å²) < 4.78 is 22.3. The molecular weight excluding hydrogens is 315 g/mol. The molecule has 0 atom stereocenters. The average molecular weight is 326 g/mol. The minimum absolute atomic E-state index is 0.0313. The van der Waals surface area contributed by atoms with Crippen LogP contribution in [0.2, 0.25) is 10.0 Å². The van der Waals surface area contributed by atoms with Crippen LogP contribution in [0, 0.1) is 5.41 Å². The van der Waals surface area contributed by atoms with E-state index in [2.05, 4.69) is 0 Å². The van der Waals surface area contributed by atoms with Gasteiger partial charge in [0.05, 0.1) is 15.8 Å². The van der Waals surface area contributed by atoms with Crippen molar-refractivity contribution in [1.82, 2.24) is 0 Å². The van der Waals surface area contributed by atoms with Gasteiger partial charge in [-0.25, -0.2) is 8.42 Å². The first-order valence-electron chi connectivity index (χ1n) is 5.62. The molecule has 1 aromatic rings. The summed E-state index contributed by atoms with van der Waals surface area (Å²) in [6.45, 7) is 0. The molecule has 4 rings (SSSR count). The molecule has 1 aromatic carbocycles. The zero-order valence-electron chi connectivity index (χ0n) is 9.42. The molecule has 6 heteroatoms. The van der Waals surface area contributed by atoms with Gasteiger partial charge in [0, 0.05) is 10.7 Å². The fraction of sp³-hybridized carbons (Fsp3) is 0.500. The van der Waals surface area contributed by atoms with Crippen LogP contribution in [-0.4, -0.2) is 14.2 Å². The zero-order chi connectivity index (χ0) is 13.2. The van der Waals surface area contributed by atoms with Crippen molar-refractivity contribution in [3.63, 3.8) is 0 Å². The Balaban J connectivity index is 1.82. The van der Waals surface area contributed by atoms with E-state index in [-0.39, 0.29) is 16.6 Å². The molecule has 3 aliphatic carbocycles. The molecule has 0 aromatic heterocycles. The lowest BCUT2D eigenvalue weighted by Gasteiger charge is -2.71. The summed E-state index contributed by atoms with van der Waals surface area (Å²) in [5, 5.41) is 1.15. The summed E-state index contributed by atoms with van der Waals surface area (Å²) in [6.07, 6.45) is 2.52. The molecule has 0 N–H and O–H groups in total. The Morgan fingerprint density at radius 1 is 1.17 bits per heavy atom. The molecule has 0 amide bonds. The molecular formula is C12H11Cl3O2S. The highest BCUT2D eigenvalue weighted by atomic mass is 35.7. The van der Waals surface area contributed by atoms with Crippen LogP contribution in [-0.2, 0) is 14.5 Å². The Bertz CT molecular complexity index is 604. The smallest absolute Gasteiger partial charge is 0.212 e. The molecule has 0 aliphatic heterocycles. The number of hydrogen-bond donors (Lipinski definition) is 0. The second-order valence-electron chi connectivity index (χ2n) is 5.60. The van der Waals surface area contributed by atoms with Crippen molar-refractivity contribution >= 4 is 42.9 Å². The average Bonchev–Trinajstić information content (AvgIpc) is 2.13. The van der Waals surface area contributed by atoms with Crippen molar-refractivity contribution in [3.8, 4) is 0 Å². The first-order chi connectivity index (χ1) is 8.25. The van der Waals surface area contributed by atoms with Gasteiger partial charge in [-0.3, -0.25) is 0 Å². The van der Waals surface area contributed by atoms with Crippen molar-refractivity contribution in [2.45, 2.75) is 24.7 Å². The van der Waals surface area contributed by atoms with Crippen LogP contribution in [0.1, 0.15) is 24.8 Å². The first kappa shape index (κ1) is 13.0. The topological polar surface area (TPSA) is 34.1 Å². The Hall–Kier alpha value is 0.0400. The van der Waals surface area contributed by atoms with Crippen LogP contribution in [0.4, 0.5) is 0 Å². The van der Waals surface area contributed by atoms with Gasteiger partial charge in [0.2, 0.25) is 9.05 Å². The Kier molecular flexibility index (Phi) is 2.74. The van der Waals surface area contributed by atoms with Gasteiger partial charge in [-0.05, 0) is 41.7 Å². The van der Waals surface area contributed by atoms with E-state index in [1.807, 2.05) is 12.1 Å². The van der Waals surface area contributed by atoms with Crippen molar-refractivity contribution in [2.24, 2.45) is 5.41 Å². The second-order valence-corrected chi connectivity index (χ2v) is 9.16. The maximum atomic E-state index is 11.1. The summed E-state index contributed by atoms with van der Waals surface area (Å²) in [5.74, 6) is 0.0709. The van der Waals surface area contributed by atoms with Crippen molar-refractivity contribution in [1.29, 1.82) is 0 Å². The third-order valence-electron chi connectivity index (χ3n) is 4.14. The largest absolute Gasteiger partial charge is 0.233 e. The predicted molar refractivity (Wildman–Crippen MR) is 74.1 cm³/mol. The number of benzene rings is 1. The van der Waals surface area contributed by atoms with Gasteiger partial charge in [-0.15, -0.1) is 0 Å². The highest BCUT2D eigenvalue weighted by Crippen LogP contribution is 2.74. The minimum atomic E-state index is -3.42. The number of rotatable bonds is 3. The van der Waals surface area contributed by atoms with Crippen LogP contribution >= 0.6 is 33.9 Å². The van der Waals surface area contributed by atoms with Gasteiger partial charge in [0.1, 0.15) is 0 Å². The maximum absolute atomic E-state index is 11.1. The fourth-order valence-electron chi connectivity index (χ4n) is 3.72. The Labute approximate surface area is 121 Å². The van der Waals surface area contributed by atoms with Crippen LogP contribution in [0.15, 0.2) is 18.2 Å². The summed E-state index contributed by atoms with van der Waals surface area (Å²) in [5.41, 5.74) is 0.959. The number of hydrogen-bond acceptors (Lipinski definition) is 2. The Morgan fingerprint density at radius 2 is 1.78 bits per heavy atom. The van der Waals surface area contributed by atoms with Crippen LogP contribution < -0.4 is 0 Å². The van der Waals surface area contributed by atoms with Gasteiger partial charge >= 0.3 is 0 Å². The van der Waals surface area contributed by atoms with E-state index in [0.29, 0.717) is 10.0 Å². The molecule has 0 heterocycles. The first-order valence-corrected chi connectivity index (χ1v) is 8.86. The van der Waals surface area contributed by atoms with E-state index < -0.39 is 9.05 Å². The van der Waals surface area contributed by atoms with E-state index in [0.717, 1.165) is 24.8 Å². The van der Waals surface area contributed by atoms with Crippen LogP contribution in [0.25, 0.3) is 0 Å². The lowest BCUT2D eigenvalue weighted by atomic mass is 9.34. The van der Waals surface area contributed by atoms with Gasteiger partial charge in [0.15, 0.2) is 0 Å². The van der Waals surface area contributed by atoms with E-state index in [1.165, 1.54) is 0 Å². The highest BCUT2D eigenvalue weighted by Gasteiger charge is 2.69. The summed E-state index contributed by atoms with van der Waals surface area (Å²) in [7, 11) is 1.91. The highest BCUT2D eigenvalue weighted by molar-refractivity contribution is 8.13. The third-order valence-corrected chi connectivity index (χ3v) is 6.25. The second kappa shape index (κ2) is 3.78. The lowest BCUT2D eigenvalue weighted by molar-refractivity contribution is -0.122. The van der Waals surface area contributed by atoms with E-state index in [4.69, 9.17) is 33.9 Å². The van der Waals surface area contributed by atoms with Crippen LogP contribution in [0.5, 0.6) is 0 Å². The zero-order valence-corrected chi connectivity index (χ0v) is 12.5. The summed E-state index contributed by atoms with van der Waals surface area (Å²) in [4.78, 5) is 0. The molecule has 0 spiro atoms. The van der Waals surface area contributed by atoms with Crippen LogP contribution in [0.3, 0.4) is 0 Å². The molecule has 18 heavy (non-hydrogen) atoms. The monoisotopic (exact) mass is 324 g/mol. The lowest BCUT2D eigenvalue weighted by Crippen LogP contribution is -2.66. The Morgan fingerprint density at radius 3 is 2.33 bits per heavy atom. The molecule has 3 saturated carbocycles. The van der Waals surface area contributed by atoms with Gasteiger partial charge in [0.25, 0.3) is 0 Å². The molecule has 2 nitrogen and oxygen atoms in total. The summed E-state index contributed by atoms with van der Waals surface area (Å²) in [6, 6.07) is 5.62. The fourth-order valence-corrected chi connectivity index (χ4v) is 5.95. The third kappa shape index (κ3) is 1.87. The van der Waals surface area contributed by atoms with E-state index in [1.54, 1.807) is 6.07 Å². The summed E-state index contributed by atoms with van der Waals surface area (Å²) >= 11 is 12.2. The standard InChI is InChI=1S/C12H11Cl3O2S/c13-9-3-1-2-8(10(9)14)12-4-11(5-12,6-12)7-18(15,16)17/h1-3H,4-7H2. The van der Waals surface area contributed by atoms with E-state index >= 15 is 0 Å². The van der Waals surface area contributed by atoms with Gasteiger partial charge < -0.3 is 0 Å². The normalized spacial score (nSPS) is 33.7. The minimum Gasteiger partial charge on any atom is -0.212 e. The molecule has 2 bridgehead atoms. The SMILES string of the molecule is O=S(=O)(Cl)CC12CC(c3cccc(Cl)c3Cl)(C1)C2. The predicted octanol–water partition coefficient (Wildman–Crippen LogP) is 3.98. The van der Waals surface area contributed by atoms with Crippen molar-refractivity contribution < 1.29 is 8.42 Å². The molecule has 98 valence electrons. The van der Waals surface area contributed by atoms with Crippen molar-refractivity contribution in [3.05, 3.63) is 33.8 Å². The molecule has 0 radical (unpaired) electrons. The number of halogens is 3.